The molecule has 6 heteroatoms. The molecule has 0 N–H and O–H groups in total. The van der Waals surface area contributed by atoms with Gasteiger partial charge in [-0.3, -0.25) is 9.69 Å². The van der Waals surface area contributed by atoms with Crippen molar-refractivity contribution in [2.75, 3.05) is 32.8 Å². The van der Waals surface area contributed by atoms with Crippen LogP contribution in [0.5, 0.6) is 0 Å². The summed E-state index contributed by atoms with van der Waals surface area (Å²) in [4.78, 5) is 28.1. The van der Waals surface area contributed by atoms with Gasteiger partial charge in [0.1, 0.15) is 5.60 Å². The number of piperidine rings is 1. The lowest BCUT2D eigenvalue weighted by atomic mass is 9.88. The number of nitrogens with zero attached hydrogens (tertiary/aromatic N) is 2. The highest BCUT2D eigenvalue weighted by molar-refractivity contribution is 5.71. The SMILES string of the molecule is CCOC(=O)CN1CCC(C2CCCN2C(=O)OC(C)(C)C)CC1. The Hall–Kier alpha value is -1.30. The molecule has 0 bridgehead atoms. The minimum Gasteiger partial charge on any atom is -0.465 e. The molecule has 1 unspecified atom stereocenters. The number of likely N-dealkylation sites (tertiary alicyclic amines) is 2. The fraction of sp³-hybridized carbons (Fsp3) is 0.889. The molecule has 2 aliphatic rings. The monoisotopic (exact) mass is 340 g/mol. The largest absolute Gasteiger partial charge is 0.465 e. The number of esters is 1. The van der Waals surface area contributed by atoms with Crippen LogP contribution in [0, 0.1) is 5.92 Å². The molecule has 6 nitrogen and oxygen atoms in total. The third-order valence-corrected chi connectivity index (χ3v) is 4.76. The van der Waals surface area contributed by atoms with E-state index in [0.717, 1.165) is 45.3 Å². The van der Waals surface area contributed by atoms with Crippen LogP contribution >= 0.6 is 0 Å². The predicted octanol–water partition coefficient (Wildman–Crippen LogP) is 2.66. The van der Waals surface area contributed by atoms with Crippen LogP contribution in [-0.2, 0) is 14.3 Å². The van der Waals surface area contributed by atoms with Gasteiger partial charge in [-0.15, -0.1) is 0 Å². The second kappa shape index (κ2) is 8.19. The normalized spacial score (nSPS) is 23.3. The first-order valence-electron chi connectivity index (χ1n) is 9.17. The van der Waals surface area contributed by atoms with Crippen LogP contribution in [-0.4, -0.2) is 66.3 Å². The van der Waals surface area contributed by atoms with Crippen molar-refractivity contribution < 1.29 is 19.1 Å². The Morgan fingerprint density at radius 1 is 1.08 bits per heavy atom. The van der Waals surface area contributed by atoms with Crippen molar-refractivity contribution in [2.24, 2.45) is 5.92 Å². The lowest BCUT2D eigenvalue weighted by molar-refractivity contribution is -0.144. The van der Waals surface area contributed by atoms with E-state index in [0.29, 0.717) is 19.1 Å². The van der Waals surface area contributed by atoms with Crippen LogP contribution in [0.4, 0.5) is 4.79 Å². The molecule has 2 saturated heterocycles. The van der Waals surface area contributed by atoms with Crippen LogP contribution in [0.2, 0.25) is 0 Å². The Balaban J connectivity index is 1.84. The molecular formula is C18H32N2O4. The van der Waals surface area contributed by atoms with Crippen LogP contribution in [0.1, 0.15) is 53.4 Å². The zero-order chi connectivity index (χ0) is 17.7. The number of rotatable bonds is 4. The Morgan fingerprint density at radius 2 is 1.75 bits per heavy atom. The summed E-state index contributed by atoms with van der Waals surface area (Å²) in [5.41, 5.74) is -0.451. The van der Waals surface area contributed by atoms with Crippen molar-refractivity contribution in [1.29, 1.82) is 0 Å². The number of hydrogen-bond acceptors (Lipinski definition) is 5. The van der Waals surface area contributed by atoms with E-state index in [1.807, 2.05) is 32.6 Å². The van der Waals surface area contributed by atoms with Gasteiger partial charge in [-0.05, 0) is 72.4 Å². The highest BCUT2D eigenvalue weighted by Crippen LogP contribution is 2.32. The molecule has 1 amide bonds. The molecule has 0 aromatic carbocycles. The maximum absolute atomic E-state index is 12.4. The minimum absolute atomic E-state index is 0.146. The lowest BCUT2D eigenvalue weighted by Crippen LogP contribution is -2.47. The predicted molar refractivity (Wildman–Crippen MR) is 91.8 cm³/mol. The summed E-state index contributed by atoms with van der Waals surface area (Å²) in [5, 5.41) is 0. The van der Waals surface area contributed by atoms with Crippen molar-refractivity contribution in [3.05, 3.63) is 0 Å². The fourth-order valence-electron chi connectivity index (χ4n) is 3.71. The van der Waals surface area contributed by atoms with Gasteiger partial charge < -0.3 is 14.4 Å². The maximum Gasteiger partial charge on any atom is 0.410 e. The molecule has 1 atom stereocenters. The van der Waals surface area contributed by atoms with Gasteiger partial charge in [0, 0.05) is 12.6 Å². The van der Waals surface area contributed by atoms with E-state index in [4.69, 9.17) is 9.47 Å². The van der Waals surface area contributed by atoms with E-state index >= 15 is 0 Å². The van der Waals surface area contributed by atoms with Crippen molar-refractivity contribution >= 4 is 12.1 Å². The Labute approximate surface area is 145 Å². The molecule has 2 aliphatic heterocycles. The molecular weight excluding hydrogens is 308 g/mol. The molecule has 138 valence electrons. The molecule has 0 aliphatic carbocycles. The Morgan fingerprint density at radius 3 is 2.33 bits per heavy atom. The second-order valence-corrected chi connectivity index (χ2v) is 7.80. The van der Waals surface area contributed by atoms with Crippen molar-refractivity contribution in [3.63, 3.8) is 0 Å². The average Bonchev–Trinajstić information content (AvgIpc) is 2.96. The number of hydrogen-bond donors (Lipinski definition) is 0. The van der Waals surface area contributed by atoms with E-state index in [1.54, 1.807) is 0 Å². The zero-order valence-electron chi connectivity index (χ0n) is 15.5. The highest BCUT2D eigenvalue weighted by atomic mass is 16.6. The number of amides is 1. The molecule has 0 saturated carbocycles. The first kappa shape index (κ1) is 19.0. The van der Waals surface area contributed by atoms with Gasteiger partial charge in [0.25, 0.3) is 0 Å². The van der Waals surface area contributed by atoms with Gasteiger partial charge in [0.05, 0.1) is 13.2 Å². The van der Waals surface area contributed by atoms with Crippen LogP contribution in [0.3, 0.4) is 0 Å². The molecule has 2 rings (SSSR count). The molecule has 0 aromatic heterocycles. The van der Waals surface area contributed by atoms with Gasteiger partial charge in [0.2, 0.25) is 0 Å². The minimum atomic E-state index is -0.451. The second-order valence-electron chi connectivity index (χ2n) is 7.80. The van der Waals surface area contributed by atoms with Gasteiger partial charge in [-0.25, -0.2) is 4.79 Å². The summed E-state index contributed by atoms with van der Waals surface area (Å²) in [6.45, 7) is 10.9. The van der Waals surface area contributed by atoms with Gasteiger partial charge >= 0.3 is 12.1 Å². The smallest absolute Gasteiger partial charge is 0.410 e. The molecule has 24 heavy (non-hydrogen) atoms. The summed E-state index contributed by atoms with van der Waals surface area (Å²) < 4.78 is 10.6. The van der Waals surface area contributed by atoms with Gasteiger partial charge in [0.15, 0.2) is 0 Å². The van der Waals surface area contributed by atoms with Crippen LogP contribution < -0.4 is 0 Å². The van der Waals surface area contributed by atoms with E-state index < -0.39 is 5.60 Å². The topological polar surface area (TPSA) is 59.1 Å². The molecule has 2 fully saturated rings. The number of ether oxygens (including phenoxy) is 2. The third kappa shape index (κ3) is 5.36. The number of carbonyl (C=O) groups excluding carboxylic acids is 2. The lowest BCUT2D eigenvalue weighted by Gasteiger charge is -2.38. The highest BCUT2D eigenvalue weighted by Gasteiger charge is 2.38. The zero-order valence-corrected chi connectivity index (χ0v) is 15.5. The van der Waals surface area contributed by atoms with Gasteiger partial charge in [-0.2, -0.15) is 0 Å². The summed E-state index contributed by atoms with van der Waals surface area (Å²) in [7, 11) is 0. The molecule has 0 spiro atoms. The first-order chi connectivity index (χ1) is 11.3. The summed E-state index contributed by atoms with van der Waals surface area (Å²) in [6, 6.07) is 0.282. The maximum atomic E-state index is 12.4. The van der Waals surface area contributed by atoms with Crippen molar-refractivity contribution in [3.8, 4) is 0 Å². The Kier molecular flexibility index (Phi) is 6.49. The quantitative estimate of drug-likeness (QED) is 0.737. The van der Waals surface area contributed by atoms with Crippen LogP contribution in [0.15, 0.2) is 0 Å². The summed E-state index contributed by atoms with van der Waals surface area (Å²) in [6.07, 6.45) is 3.96. The van der Waals surface area contributed by atoms with E-state index in [9.17, 15) is 9.59 Å². The van der Waals surface area contributed by atoms with E-state index in [2.05, 4.69) is 4.90 Å². The summed E-state index contributed by atoms with van der Waals surface area (Å²) in [5.74, 6) is 0.352. The standard InChI is InChI=1S/C18H32N2O4/c1-5-23-16(21)13-19-11-8-14(9-12-19)15-7-6-10-20(15)17(22)24-18(2,3)4/h14-15H,5-13H2,1-4H3. The molecule has 0 aromatic rings. The molecule has 2 heterocycles. The van der Waals surface area contributed by atoms with Crippen LogP contribution in [0.25, 0.3) is 0 Å². The van der Waals surface area contributed by atoms with E-state index in [1.165, 1.54) is 0 Å². The Bertz CT molecular complexity index is 439. The molecule has 0 radical (unpaired) electrons. The summed E-state index contributed by atoms with van der Waals surface area (Å²) >= 11 is 0. The van der Waals surface area contributed by atoms with Gasteiger partial charge in [-0.1, -0.05) is 0 Å². The van der Waals surface area contributed by atoms with Crippen molar-refractivity contribution in [1.82, 2.24) is 9.80 Å². The fourth-order valence-corrected chi connectivity index (χ4v) is 3.71. The first-order valence-corrected chi connectivity index (χ1v) is 9.17. The van der Waals surface area contributed by atoms with E-state index in [-0.39, 0.29) is 18.1 Å². The number of carbonyl (C=O) groups is 2. The third-order valence-electron chi connectivity index (χ3n) is 4.76. The average molecular weight is 340 g/mol. The van der Waals surface area contributed by atoms with Crippen molar-refractivity contribution in [2.45, 2.75) is 65.0 Å².